The number of unbranched alkanes of at least 4 members (excludes halogenated alkanes) is 1. The first-order chi connectivity index (χ1) is 5.89. The minimum atomic E-state index is -0.754. The number of halogens is 3. The van der Waals surface area contributed by atoms with E-state index in [-0.39, 0.29) is 0 Å². The molecule has 5 heteroatoms. The molecule has 0 fully saturated rings. The molecule has 0 atom stereocenters. The Morgan fingerprint density at radius 3 is 2.38 bits per heavy atom. The van der Waals surface area contributed by atoms with Crippen LogP contribution in [0.2, 0.25) is 0 Å². The van der Waals surface area contributed by atoms with Gasteiger partial charge < -0.3 is 4.74 Å². The van der Waals surface area contributed by atoms with Crippen LogP contribution in [-0.2, 0) is 9.53 Å². The number of rotatable bonds is 4. The molecule has 0 N–H and O–H groups in total. The van der Waals surface area contributed by atoms with Gasteiger partial charge in [0.15, 0.2) is 2.14 Å². The first-order valence-electron chi connectivity index (χ1n) is 3.82. The van der Waals surface area contributed by atoms with Gasteiger partial charge in [0.1, 0.15) is 0 Å². The maximum atomic E-state index is 11.3. The molecule has 0 aromatic heterocycles. The van der Waals surface area contributed by atoms with Crippen LogP contribution in [-0.4, -0.2) is 14.7 Å². The second kappa shape index (κ2) is 6.19. The van der Waals surface area contributed by atoms with Crippen molar-refractivity contribution in [1.82, 2.24) is 0 Å². The third kappa shape index (κ3) is 5.86. The van der Waals surface area contributed by atoms with Crippen molar-refractivity contribution < 1.29 is 9.53 Å². The Kier molecular flexibility index (Phi) is 6.50. The molecule has 76 valence electrons. The van der Waals surface area contributed by atoms with E-state index in [1.807, 2.05) is 6.92 Å². The van der Waals surface area contributed by atoms with E-state index < -0.39 is 8.11 Å². The molecule has 0 aromatic rings. The summed E-state index contributed by atoms with van der Waals surface area (Å²) in [5.74, 6) is -0.404. The van der Waals surface area contributed by atoms with Gasteiger partial charge in [0.25, 0.3) is 0 Å². The van der Waals surface area contributed by atoms with Crippen LogP contribution in [0.25, 0.3) is 0 Å². The average molecular weight is 379 g/mol. The van der Waals surface area contributed by atoms with Gasteiger partial charge in [-0.2, -0.15) is 0 Å². The van der Waals surface area contributed by atoms with E-state index in [0.29, 0.717) is 12.2 Å². The summed E-state index contributed by atoms with van der Waals surface area (Å²) in [6.45, 7) is 6.07. The molecule has 0 aromatic carbocycles. The zero-order valence-corrected chi connectivity index (χ0v) is 12.0. The van der Waals surface area contributed by atoms with Gasteiger partial charge in [0.05, 0.1) is 12.2 Å². The van der Waals surface area contributed by atoms with Gasteiger partial charge in [-0.25, -0.2) is 4.79 Å². The average Bonchev–Trinajstić information content (AvgIpc) is 2.01. The van der Waals surface area contributed by atoms with Crippen molar-refractivity contribution in [1.29, 1.82) is 0 Å². The fourth-order valence-electron chi connectivity index (χ4n) is 0.512. The second-order valence-electron chi connectivity index (χ2n) is 2.47. The normalized spacial score (nSPS) is 11.1. The van der Waals surface area contributed by atoms with Crippen molar-refractivity contribution in [3.63, 3.8) is 0 Å². The highest BCUT2D eigenvalue weighted by Gasteiger charge is 2.28. The number of ether oxygens (including phenoxy) is 1. The summed E-state index contributed by atoms with van der Waals surface area (Å²) in [6, 6.07) is 0. The molecule has 0 aliphatic heterocycles. The first kappa shape index (κ1) is 13.7. The van der Waals surface area contributed by atoms with Gasteiger partial charge >= 0.3 is 5.97 Å². The summed E-state index contributed by atoms with van der Waals surface area (Å²) in [7, 11) is 0. The van der Waals surface area contributed by atoms with Gasteiger partial charge in [0.2, 0.25) is 0 Å². The summed E-state index contributed by atoms with van der Waals surface area (Å²) >= 11 is 9.56. The predicted octanol–water partition coefficient (Wildman–Crippen LogP) is 3.72. The molecule has 0 unspecified atom stereocenters. The van der Waals surface area contributed by atoms with E-state index in [0.717, 1.165) is 12.8 Å². The van der Waals surface area contributed by atoms with Crippen LogP contribution < -0.4 is 0 Å². The first-order valence-corrected chi connectivity index (χ1v) is 6.20. The largest absolute Gasteiger partial charge is 0.462 e. The van der Waals surface area contributed by atoms with E-state index >= 15 is 0 Å². The molecule has 0 amide bonds. The number of hydrogen-bond acceptors (Lipinski definition) is 2. The van der Waals surface area contributed by atoms with Crippen molar-refractivity contribution in [2.75, 3.05) is 6.61 Å². The summed E-state index contributed by atoms with van der Waals surface area (Å²) in [5.41, 5.74) is 0.295. The SMILES string of the molecule is C=C(C(=O)OCCCC)C(Br)(Br)Br. The van der Waals surface area contributed by atoms with Crippen molar-refractivity contribution in [3.8, 4) is 0 Å². The zero-order chi connectivity index (χ0) is 10.5. The second-order valence-corrected chi connectivity index (χ2v) is 9.23. The summed E-state index contributed by atoms with van der Waals surface area (Å²) in [6.07, 6.45) is 1.88. The molecule has 0 spiro atoms. The molecule has 0 saturated heterocycles. The van der Waals surface area contributed by atoms with E-state index in [1.54, 1.807) is 0 Å². The van der Waals surface area contributed by atoms with Crippen LogP contribution in [0, 0.1) is 0 Å². The van der Waals surface area contributed by atoms with Gasteiger partial charge in [-0.1, -0.05) is 67.7 Å². The Balaban J connectivity index is 3.92. The van der Waals surface area contributed by atoms with Crippen LogP contribution in [0.5, 0.6) is 0 Å². The van der Waals surface area contributed by atoms with Crippen LogP contribution in [0.3, 0.4) is 0 Å². The third-order valence-electron chi connectivity index (χ3n) is 1.32. The predicted molar refractivity (Wildman–Crippen MR) is 64.5 cm³/mol. The number of hydrogen-bond donors (Lipinski definition) is 0. The number of carbonyl (C=O) groups excluding carboxylic acids is 1. The number of alkyl halides is 3. The number of esters is 1. The van der Waals surface area contributed by atoms with Gasteiger partial charge in [-0.3, -0.25) is 0 Å². The summed E-state index contributed by atoms with van der Waals surface area (Å²) in [4.78, 5) is 11.3. The Bertz CT molecular complexity index is 196. The fourth-order valence-corrected chi connectivity index (χ4v) is 0.998. The van der Waals surface area contributed by atoms with Gasteiger partial charge in [-0.05, 0) is 6.42 Å². The van der Waals surface area contributed by atoms with Crippen LogP contribution in [0.4, 0.5) is 0 Å². The molecule has 2 nitrogen and oxygen atoms in total. The molecule has 13 heavy (non-hydrogen) atoms. The zero-order valence-electron chi connectivity index (χ0n) is 7.28. The summed E-state index contributed by atoms with van der Waals surface area (Å²) in [5, 5.41) is 0. The van der Waals surface area contributed by atoms with Crippen molar-refractivity contribution in [2.24, 2.45) is 0 Å². The van der Waals surface area contributed by atoms with E-state index in [4.69, 9.17) is 4.74 Å². The molecule has 0 heterocycles. The molecule has 0 aliphatic rings. The minimum absolute atomic E-state index is 0.295. The highest BCUT2D eigenvalue weighted by atomic mass is 80.0. The van der Waals surface area contributed by atoms with Crippen molar-refractivity contribution in [3.05, 3.63) is 12.2 Å². The number of carbonyl (C=O) groups is 1. The highest BCUT2D eigenvalue weighted by molar-refractivity contribution is 9.39. The topological polar surface area (TPSA) is 26.3 Å². The minimum Gasteiger partial charge on any atom is -0.462 e. The van der Waals surface area contributed by atoms with E-state index in [9.17, 15) is 4.79 Å². The Morgan fingerprint density at radius 1 is 1.46 bits per heavy atom. The van der Waals surface area contributed by atoms with Crippen LogP contribution in [0.15, 0.2) is 12.2 Å². The molecule has 0 bridgehead atoms. The van der Waals surface area contributed by atoms with E-state index in [2.05, 4.69) is 54.4 Å². The van der Waals surface area contributed by atoms with Crippen LogP contribution >= 0.6 is 47.8 Å². The monoisotopic (exact) mass is 376 g/mol. The third-order valence-corrected chi connectivity index (χ3v) is 2.76. The highest BCUT2D eigenvalue weighted by Crippen LogP contribution is 2.40. The lowest BCUT2D eigenvalue weighted by Gasteiger charge is -2.14. The lowest BCUT2D eigenvalue weighted by Crippen LogP contribution is -2.17. The molecule has 0 aliphatic carbocycles. The lowest BCUT2D eigenvalue weighted by molar-refractivity contribution is -0.139. The fraction of sp³-hybridized carbons (Fsp3) is 0.625. The van der Waals surface area contributed by atoms with E-state index in [1.165, 1.54) is 0 Å². The van der Waals surface area contributed by atoms with Crippen molar-refractivity contribution >= 4 is 53.8 Å². The Hall–Kier alpha value is 0.650. The smallest absolute Gasteiger partial charge is 0.336 e. The Morgan fingerprint density at radius 2 is 2.00 bits per heavy atom. The maximum Gasteiger partial charge on any atom is 0.336 e. The lowest BCUT2D eigenvalue weighted by atomic mass is 10.3. The molecule has 0 radical (unpaired) electrons. The van der Waals surface area contributed by atoms with Gasteiger partial charge in [0, 0.05) is 0 Å². The van der Waals surface area contributed by atoms with Crippen LogP contribution in [0.1, 0.15) is 19.8 Å². The molecular formula is C8H11Br3O2. The molecular weight excluding hydrogens is 368 g/mol. The maximum absolute atomic E-state index is 11.3. The molecule has 0 saturated carbocycles. The summed E-state index contributed by atoms with van der Waals surface area (Å²) < 4.78 is 4.19. The Labute approximate surface area is 103 Å². The van der Waals surface area contributed by atoms with Crippen molar-refractivity contribution in [2.45, 2.75) is 21.9 Å². The molecule has 0 rings (SSSR count). The standard InChI is InChI=1S/C8H11Br3O2/c1-3-4-5-13-7(12)6(2)8(9,10)11/h2-5H2,1H3. The quantitative estimate of drug-likeness (QED) is 0.322. The van der Waals surface area contributed by atoms with Gasteiger partial charge in [-0.15, -0.1) is 0 Å².